The SMILES string of the molecule is C[C@H](N)c1nc2cccc(C(F)(F)F)c2c(=O)n1-c1cn[nH]c1. The number of H-pyrrole nitrogens is 1. The maximum atomic E-state index is 13.2. The molecule has 120 valence electrons. The Morgan fingerprint density at radius 2 is 2.09 bits per heavy atom. The number of aromatic amines is 1. The number of hydrogen-bond donors (Lipinski definition) is 2. The summed E-state index contributed by atoms with van der Waals surface area (Å²) in [6.45, 7) is 1.60. The van der Waals surface area contributed by atoms with Gasteiger partial charge in [0.05, 0.1) is 34.4 Å². The Balaban J connectivity index is 2.49. The van der Waals surface area contributed by atoms with Gasteiger partial charge in [-0.1, -0.05) is 6.07 Å². The molecule has 2 aromatic heterocycles. The lowest BCUT2D eigenvalue weighted by Gasteiger charge is -2.16. The van der Waals surface area contributed by atoms with Crippen molar-refractivity contribution in [3.63, 3.8) is 0 Å². The molecule has 0 amide bonds. The molecule has 0 aliphatic carbocycles. The molecular formula is C14H12F3N5O. The van der Waals surface area contributed by atoms with Gasteiger partial charge >= 0.3 is 6.18 Å². The van der Waals surface area contributed by atoms with Crippen molar-refractivity contribution in [2.24, 2.45) is 5.73 Å². The highest BCUT2D eigenvalue weighted by Gasteiger charge is 2.34. The summed E-state index contributed by atoms with van der Waals surface area (Å²) >= 11 is 0. The van der Waals surface area contributed by atoms with Crippen LogP contribution in [-0.4, -0.2) is 19.7 Å². The highest BCUT2D eigenvalue weighted by atomic mass is 19.4. The molecule has 3 rings (SSSR count). The fourth-order valence-corrected chi connectivity index (χ4v) is 2.40. The van der Waals surface area contributed by atoms with Crippen LogP contribution in [0.15, 0.2) is 35.4 Å². The van der Waals surface area contributed by atoms with E-state index >= 15 is 0 Å². The van der Waals surface area contributed by atoms with Gasteiger partial charge in [0, 0.05) is 6.20 Å². The van der Waals surface area contributed by atoms with Gasteiger partial charge in [-0.25, -0.2) is 4.98 Å². The number of rotatable bonds is 2. The molecule has 9 heteroatoms. The number of alkyl halides is 3. The van der Waals surface area contributed by atoms with E-state index in [2.05, 4.69) is 15.2 Å². The van der Waals surface area contributed by atoms with Crippen LogP contribution in [0.1, 0.15) is 24.4 Å². The second-order valence-corrected chi connectivity index (χ2v) is 5.05. The number of fused-ring (bicyclic) bond motifs is 1. The Kier molecular flexibility index (Phi) is 3.44. The zero-order valence-corrected chi connectivity index (χ0v) is 11.9. The maximum Gasteiger partial charge on any atom is 0.417 e. The van der Waals surface area contributed by atoms with E-state index in [-0.39, 0.29) is 17.0 Å². The first-order valence-corrected chi connectivity index (χ1v) is 6.68. The summed E-state index contributed by atoms with van der Waals surface area (Å²) in [6.07, 6.45) is -1.96. The Bertz CT molecular complexity index is 913. The predicted molar refractivity (Wildman–Crippen MR) is 77.1 cm³/mol. The fraction of sp³-hybridized carbons (Fsp3) is 0.214. The topological polar surface area (TPSA) is 89.6 Å². The largest absolute Gasteiger partial charge is 0.417 e. The molecule has 0 spiro atoms. The summed E-state index contributed by atoms with van der Waals surface area (Å²) in [6, 6.07) is 2.77. The number of halogens is 3. The number of nitrogens with two attached hydrogens (primary N) is 1. The van der Waals surface area contributed by atoms with E-state index in [0.717, 1.165) is 10.6 Å². The molecule has 3 aromatic rings. The minimum atomic E-state index is -4.66. The number of aromatic nitrogens is 4. The van der Waals surface area contributed by atoms with E-state index in [9.17, 15) is 18.0 Å². The van der Waals surface area contributed by atoms with E-state index < -0.39 is 28.7 Å². The summed E-state index contributed by atoms with van der Waals surface area (Å²) < 4.78 is 40.7. The van der Waals surface area contributed by atoms with Crippen LogP contribution in [0, 0.1) is 0 Å². The Hall–Kier alpha value is -2.68. The third kappa shape index (κ3) is 2.48. The molecule has 0 bridgehead atoms. The molecular weight excluding hydrogens is 311 g/mol. The third-order valence-corrected chi connectivity index (χ3v) is 3.38. The smallest absolute Gasteiger partial charge is 0.322 e. The molecule has 1 aromatic carbocycles. The van der Waals surface area contributed by atoms with Gasteiger partial charge < -0.3 is 5.73 Å². The Morgan fingerprint density at radius 3 is 2.65 bits per heavy atom. The average Bonchev–Trinajstić information content (AvgIpc) is 2.99. The molecule has 6 nitrogen and oxygen atoms in total. The lowest BCUT2D eigenvalue weighted by atomic mass is 10.1. The highest BCUT2D eigenvalue weighted by molar-refractivity contribution is 5.82. The lowest BCUT2D eigenvalue weighted by molar-refractivity contribution is -0.136. The number of hydrogen-bond acceptors (Lipinski definition) is 4. The van der Waals surface area contributed by atoms with E-state index in [4.69, 9.17) is 5.73 Å². The van der Waals surface area contributed by atoms with Crippen molar-refractivity contribution in [2.75, 3.05) is 0 Å². The van der Waals surface area contributed by atoms with Crippen molar-refractivity contribution in [1.82, 2.24) is 19.7 Å². The first-order chi connectivity index (χ1) is 10.8. The molecule has 0 aliphatic rings. The zero-order chi connectivity index (χ0) is 16.8. The summed E-state index contributed by atoms with van der Waals surface area (Å²) in [5.41, 5.74) is 4.19. The van der Waals surface area contributed by atoms with Crippen LogP contribution < -0.4 is 11.3 Å². The van der Waals surface area contributed by atoms with Crippen LogP contribution in [0.5, 0.6) is 0 Å². The molecule has 1 atom stereocenters. The van der Waals surface area contributed by atoms with Crippen molar-refractivity contribution in [3.05, 3.63) is 52.3 Å². The number of nitrogens with zero attached hydrogens (tertiary/aromatic N) is 3. The quantitative estimate of drug-likeness (QED) is 0.756. The third-order valence-electron chi connectivity index (χ3n) is 3.38. The van der Waals surface area contributed by atoms with Crippen molar-refractivity contribution < 1.29 is 13.2 Å². The number of nitrogens with one attached hydrogen (secondary N) is 1. The molecule has 0 saturated heterocycles. The standard InChI is InChI=1S/C14H12F3N5O/c1-7(18)12-21-10-4-2-3-9(14(15,16)17)11(10)13(23)22(12)8-5-19-20-6-8/h2-7H,18H2,1H3,(H,19,20)/t7-/m0/s1. The van der Waals surface area contributed by atoms with Crippen LogP contribution >= 0.6 is 0 Å². The molecule has 2 heterocycles. The van der Waals surface area contributed by atoms with Crippen LogP contribution in [0.25, 0.3) is 16.6 Å². The molecule has 0 unspecified atom stereocenters. The number of benzene rings is 1. The van der Waals surface area contributed by atoms with Crippen LogP contribution in [0.4, 0.5) is 13.2 Å². The van der Waals surface area contributed by atoms with E-state index in [1.54, 1.807) is 6.92 Å². The molecule has 0 saturated carbocycles. The summed E-state index contributed by atoms with van der Waals surface area (Å²) in [4.78, 5) is 16.9. The van der Waals surface area contributed by atoms with Gasteiger partial charge in [-0.05, 0) is 19.1 Å². The lowest BCUT2D eigenvalue weighted by Crippen LogP contribution is -2.28. The van der Waals surface area contributed by atoms with Crippen molar-refractivity contribution in [3.8, 4) is 5.69 Å². The maximum absolute atomic E-state index is 13.2. The van der Waals surface area contributed by atoms with E-state index in [1.165, 1.54) is 24.5 Å². The van der Waals surface area contributed by atoms with E-state index in [1.807, 2.05) is 0 Å². The second kappa shape index (κ2) is 5.20. The first kappa shape index (κ1) is 15.2. The normalized spacial score (nSPS) is 13.4. The molecule has 3 N–H and O–H groups in total. The summed E-state index contributed by atoms with van der Waals surface area (Å²) in [5.74, 6) is 0.156. The monoisotopic (exact) mass is 323 g/mol. The Labute approximate surface area is 127 Å². The minimum Gasteiger partial charge on any atom is -0.322 e. The van der Waals surface area contributed by atoms with Gasteiger partial charge in [0.25, 0.3) is 5.56 Å². The molecule has 0 aliphatic heterocycles. The summed E-state index contributed by atoms with van der Waals surface area (Å²) in [7, 11) is 0. The van der Waals surface area contributed by atoms with Gasteiger partial charge in [-0.15, -0.1) is 0 Å². The van der Waals surface area contributed by atoms with Crippen LogP contribution in [0.3, 0.4) is 0 Å². The van der Waals surface area contributed by atoms with E-state index in [0.29, 0.717) is 0 Å². The zero-order valence-electron chi connectivity index (χ0n) is 11.9. The molecule has 0 radical (unpaired) electrons. The molecule has 0 fully saturated rings. The van der Waals surface area contributed by atoms with Crippen molar-refractivity contribution >= 4 is 10.9 Å². The fourth-order valence-electron chi connectivity index (χ4n) is 2.40. The van der Waals surface area contributed by atoms with Gasteiger partial charge in [0.15, 0.2) is 0 Å². The highest BCUT2D eigenvalue weighted by Crippen LogP contribution is 2.33. The van der Waals surface area contributed by atoms with Crippen molar-refractivity contribution in [1.29, 1.82) is 0 Å². The Morgan fingerprint density at radius 1 is 1.35 bits per heavy atom. The minimum absolute atomic E-state index is 0.0446. The van der Waals surface area contributed by atoms with Gasteiger partial charge in [0.2, 0.25) is 0 Å². The first-order valence-electron chi connectivity index (χ1n) is 6.68. The molecule has 23 heavy (non-hydrogen) atoms. The van der Waals surface area contributed by atoms with Gasteiger partial charge in [0.1, 0.15) is 5.82 Å². The van der Waals surface area contributed by atoms with Crippen LogP contribution in [-0.2, 0) is 6.18 Å². The second-order valence-electron chi connectivity index (χ2n) is 5.05. The average molecular weight is 323 g/mol. The predicted octanol–water partition coefficient (Wildman–Crippen LogP) is 2.15. The van der Waals surface area contributed by atoms with Crippen LogP contribution in [0.2, 0.25) is 0 Å². The van der Waals surface area contributed by atoms with Gasteiger partial charge in [-0.2, -0.15) is 18.3 Å². The van der Waals surface area contributed by atoms with Gasteiger partial charge in [-0.3, -0.25) is 14.5 Å². The summed E-state index contributed by atoms with van der Waals surface area (Å²) in [5, 5.41) is 5.73. The van der Waals surface area contributed by atoms with Crippen molar-refractivity contribution in [2.45, 2.75) is 19.1 Å².